The lowest BCUT2D eigenvalue weighted by Crippen LogP contribution is -2.01. The molecule has 0 radical (unpaired) electrons. The summed E-state index contributed by atoms with van der Waals surface area (Å²) in [7, 11) is 0. The molecular weight excluding hydrogens is 317 g/mol. The molecule has 0 saturated carbocycles. The Morgan fingerprint density at radius 2 is 2.05 bits per heavy atom. The molecule has 1 aromatic heterocycles. The van der Waals surface area contributed by atoms with Gasteiger partial charge in [0.05, 0.1) is 27.1 Å². The van der Waals surface area contributed by atoms with Crippen molar-refractivity contribution in [2.24, 2.45) is 0 Å². The lowest BCUT2D eigenvalue weighted by atomic mass is 10.3. The van der Waals surface area contributed by atoms with Crippen molar-refractivity contribution >= 4 is 34.7 Å². The Bertz CT molecular complexity index is 680. The van der Waals surface area contributed by atoms with E-state index < -0.39 is 4.92 Å². The zero-order valence-electron chi connectivity index (χ0n) is 11.0. The maximum absolute atomic E-state index is 10.9. The largest absolute Gasteiger partial charge is 0.439 e. The van der Waals surface area contributed by atoms with E-state index >= 15 is 0 Å². The molecule has 1 heterocycles. The molecule has 0 aliphatic heterocycles. The molecule has 1 aromatic carbocycles. The molecule has 0 bridgehead atoms. The van der Waals surface area contributed by atoms with Crippen LogP contribution in [-0.2, 0) is 0 Å². The first kappa shape index (κ1) is 15.3. The van der Waals surface area contributed by atoms with Gasteiger partial charge < -0.3 is 10.1 Å². The monoisotopic (exact) mass is 327 g/mol. The minimum absolute atomic E-state index is 0.0959. The van der Waals surface area contributed by atoms with Crippen molar-refractivity contribution in [2.45, 2.75) is 6.92 Å². The van der Waals surface area contributed by atoms with Crippen LogP contribution in [0.2, 0.25) is 10.0 Å². The fourth-order valence-corrected chi connectivity index (χ4v) is 1.87. The van der Waals surface area contributed by atoms with E-state index in [4.69, 9.17) is 27.9 Å². The highest BCUT2D eigenvalue weighted by Crippen LogP contribution is 2.30. The van der Waals surface area contributed by atoms with Crippen LogP contribution in [0.5, 0.6) is 11.6 Å². The van der Waals surface area contributed by atoms with Crippen molar-refractivity contribution in [1.29, 1.82) is 0 Å². The normalized spacial score (nSPS) is 10.2. The van der Waals surface area contributed by atoms with Crippen molar-refractivity contribution in [2.75, 3.05) is 11.9 Å². The number of benzene rings is 1. The van der Waals surface area contributed by atoms with Gasteiger partial charge in [0, 0.05) is 12.6 Å². The van der Waals surface area contributed by atoms with Gasteiger partial charge in [0.25, 0.3) is 5.69 Å². The fourth-order valence-electron chi connectivity index (χ4n) is 1.58. The number of nitrogens with zero attached hydrogens (tertiary/aromatic N) is 2. The molecule has 0 spiro atoms. The van der Waals surface area contributed by atoms with Crippen LogP contribution in [0.4, 0.5) is 11.5 Å². The molecular formula is C13H11Cl2N3O3. The average Bonchev–Trinajstić information content (AvgIpc) is 2.43. The van der Waals surface area contributed by atoms with E-state index in [0.717, 1.165) is 0 Å². The van der Waals surface area contributed by atoms with Gasteiger partial charge in [-0.2, -0.15) is 4.98 Å². The van der Waals surface area contributed by atoms with Crippen molar-refractivity contribution in [1.82, 2.24) is 4.98 Å². The van der Waals surface area contributed by atoms with Crippen LogP contribution < -0.4 is 10.1 Å². The number of nitrogens with one attached hydrogen (secondary N) is 1. The Hall–Kier alpha value is -2.05. The quantitative estimate of drug-likeness (QED) is 0.645. The predicted molar refractivity (Wildman–Crippen MR) is 81.6 cm³/mol. The van der Waals surface area contributed by atoms with Crippen molar-refractivity contribution in [3.05, 3.63) is 50.5 Å². The van der Waals surface area contributed by atoms with Crippen LogP contribution in [0.3, 0.4) is 0 Å². The van der Waals surface area contributed by atoms with Gasteiger partial charge in [-0.1, -0.05) is 23.2 Å². The molecule has 0 unspecified atom stereocenters. The van der Waals surface area contributed by atoms with Gasteiger partial charge in [0.1, 0.15) is 11.6 Å². The molecule has 1 N–H and O–H groups in total. The first-order valence-electron chi connectivity index (χ1n) is 6.03. The first-order valence-corrected chi connectivity index (χ1v) is 6.78. The molecule has 21 heavy (non-hydrogen) atoms. The second-order valence-electron chi connectivity index (χ2n) is 4.01. The van der Waals surface area contributed by atoms with Crippen molar-refractivity contribution < 1.29 is 9.66 Å². The Kier molecular flexibility index (Phi) is 4.82. The van der Waals surface area contributed by atoms with Crippen LogP contribution in [0.15, 0.2) is 30.3 Å². The summed E-state index contributed by atoms with van der Waals surface area (Å²) >= 11 is 11.7. The lowest BCUT2D eigenvalue weighted by Gasteiger charge is -2.08. The summed E-state index contributed by atoms with van der Waals surface area (Å²) in [5.74, 6) is 0.847. The topological polar surface area (TPSA) is 77.3 Å². The summed E-state index contributed by atoms with van der Waals surface area (Å²) in [5, 5.41) is 14.5. The summed E-state index contributed by atoms with van der Waals surface area (Å²) in [6, 6.07) is 7.26. The zero-order valence-corrected chi connectivity index (χ0v) is 12.5. The molecule has 0 fully saturated rings. The van der Waals surface area contributed by atoms with Crippen LogP contribution in [0.1, 0.15) is 6.92 Å². The van der Waals surface area contributed by atoms with E-state index in [2.05, 4.69) is 10.3 Å². The summed E-state index contributed by atoms with van der Waals surface area (Å²) in [4.78, 5) is 14.5. The molecule has 2 aromatic rings. The number of nitro groups is 1. The van der Waals surface area contributed by atoms with Crippen LogP contribution in [0.25, 0.3) is 0 Å². The maximum atomic E-state index is 10.9. The summed E-state index contributed by atoms with van der Waals surface area (Å²) in [5.41, 5.74) is -0.115. The van der Waals surface area contributed by atoms with E-state index in [1.165, 1.54) is 18.2 Å². The summed E-state index contributed by atoms with van der Waals surface area (Å²) < 4.78 is 5.49. The van der Waals surface area contributed by atoms with Gasteiger partial charge in [-0.3, -0.25) is 10.1 Å². The van der Waals surface area contributed by atoms with E-state index in [0.29, 0.717) is 28.2 Å². The standard InChI is InChI=1S/C13H11Cl2N3O3/c1-2-16-12-5-8(18(19)20)6-13(17-12)21-9-3-4-10(14)11(15)7-9/h3-7H,2H2,1H3,(H,16,17). The van der Waals surface area contributed by atoms with E-state index in [-0.39, 0.29) is 11.6 Å². The predicted octanol–water partition coefficient (Wildman–Crippen LogP) is 4.52. The zero-order chi connectivity index (χ0) is 15.4. The third kappa shape index (κ3) is 3.96. The Morgan fingerprint density at radius 3 is 2.67 bits per heavy atom. The van der Waals surface area contributed by atoms with E-state index in [9.17, 15) is 10.1 Å². The third-order valence-corrected chi connectivity index (χ3v) is 3.21. The van der Waals surface area contributed by atoms with Crippen LogP contribution in [0, 0.1) is 10.1 Å². The Labute approximate surface area is 130 Å². The minimum Gasteiger partial charge on any atom is -0.439 e. The van der Waals surface area contributed by atoms with Gasteiger partial charge in [-0.05, 0) is 19.1 Å². The van der Waals surface area contributed by atoms with Gasteiger partial charge in [0.15, 0.2) is 0 Å². The number of anilines is 1. The van der Waals surface area contributed by atoms with Gasteiger partial charge in [-0.15, -0.1) is 0 Å². The molecule has 0 aliphatic carbocycles. The number of ether oxygens (including phenoxy) is 1. The van der Waals surface area contributed by atoms with Gasteiger partial charge in [0.2, 0.25) is 5.88 Å². The van der Waals surface area contributed by atoms with Crippen molar-refractivity contribution in [3.63, 3.8) is 0 Å². The first-order chi connectivity index (χ1) is 9.99. The number of halogens is 2. The SMILES string of the molecule is CCNc1cc([N+](=O)[O-])cc(Oc2ccc(Cl)c(Cl)c2)n1. The number of aromatic nitrogens is 1. The molecule has 0 atom stereocenters. The number of hydrogen-bond donors (Lipinski definition) is 1. The van der Waals surface area contributed by atoms with E-state index in [1.807, 2.05) is 6.92 Å². The average molecular weight is 328 g/mol. The van der Waals surface area contributed by atoms with Crippen LogP contribution >= 0.6 is 23.2 Å². The minimum atomic E-state index is -0.510. The smallest absolute Gasteiger partial charge is 0.278 e. The third-order valence-electron chi connectivity index (χ3n) is 2.47. The maximum Gasteiger partial charge on any atom is 0.278 e. The molecule has 0 saturated heterocycles. The highest BCUT2D eigenvalue weighted by molar-refractivity contribution is 6.42. The number of hydrogen-bond acceptors (Lipinski definition) is 5. The Balaban J connectivity index is 2.33. The number of rotatable bonds is 5. The van der Waals surface area contributed by atoms with Gasteiger partial charge in [-0.25, -0.2) is 0 Å². The van der Waals surface area contributed by atoms with Gasteiger partial charge >= 0.3 is 0 Å². The molecule has 6 nitrogen and oxygen atoms in total. The second-order valence-corrected chi connectivity index (χ2v) is 4.83. The summed E-state index contributed by atoms with van der Waals surface area (Å²) in [6.45, 7) is 2.44. The highest BCUT2D eigenvalue weighted by Gasteiger charge is 2.13. The van der Waals surface area contributed by atoms with E-state index in [1.54, 1.807) is 12.1 Å². The fraction of sp³-hybridized carbons (Fsp3) is 0.154. The molecule has 0 amide bonds. The molecule has 0 aliphatic rings. The second kappa shape index (κ2) is 6.60. The van der Waals surface area contributed by atoms with Crippen LogP contribution in [-0.4, -0.2) is 16.5 Å². The molecule has 110 valence electrons. The highest BCUT2D eigenvalue weighted by atomic mass is 35.5. The Morgan fingerprint density at radius 1 is 1.29 bits per heavy atom. The summed E-state index contributed by atoms with van der Waals surface area (Å²) in [6.07, 6.45) is 0. The number of pyridine rings is 1. The molecule has 2 rings (SSSR count). The lowest BCUT2D eigenvalue weighted by molar-refractivity contribution is -0.384. The van der Waals surface area contributed by atoms with Crippen molar-refractivity contribution in [3.8, 4) is 11.6 Å². The molecule has 8 heteroatoms.